The van der Waals surface area contributed by atoms with E-state index in [1.807, 2.05) is 19.1 Å². The molecule has 0 saturated heterocycles. The van der Waals surface area contributed by atoms with E-state index < -0.39 is 0 Å². The lowest BCUT2D eigenvalue weighted by Crippen LogP contribution is -2.37. The molecule has 0 unspecified atom stereocenters. The normalized spacial score (nSPS) is 9.67. The largest absolute Gasteiger partial charge is 0.497 e. The fourth-order valence-corrected chi connectivity index (χ4v) is 1.43. The highest BCUT2D eigenvalue weighted by Crippen LogP contribution is 2.11. The van der Waals surface area contributed by atoms with Crippen LogP contribution >= 0.6 is 0 Å². The summed E-state index contributed by atoms with van der Waals surface area (Å²) in [7, 11) is 1.59. The fourth-order valence-electron chi connectivity index (χ4n) is 1.43. The van der Waals surface area contributed by atoms with Gasteiger partial charge in [0.2, 0.25) is 11.8 Å². The topological polar surface area (TPSA) is 67.4 Å². The standard InChI is InChI=1S/C13H18N2O3/c1-3-14-13(17)9-15-12(16)8-10-4-6-11(18-2)7-5-10/h4-7H,3,8-9H2,1-2H3,(H,14,17)(H,15,16). The van der Waals surface area contributed by atoms with Gasteiger partial charge in [0, 0.05) is 6.54 Å². The first kappa shape index (κ1) is 14.0. The van der Waals surface area contributed by atoms with Gasteiger partial charge in [-0.05, 0) is 24.6 Å². The summed E-state index contributed by atoms with van der Waals surface area (Å²) in [6.07, 6.45) is 0.253. The Morgan fingerprint density at radius 3 is 2.33 bits per heavy atom. The van der Waals surface area contributed by atoms with Crippen LogP contribution in [-0.4, -0.2) is 32.0 Å². The van der Waals surface area contributed by atoms with Crippen molar-refractivity contribution < 1.29 is 14.3 Å². The predicted molar refractivity (Wildman–Crippen MR) is 68.4 cm³/mol. The smallest absolute Gasteiger partial charge is 0.239 e. The van der Waals surface area contributed by atoms with Crippen molar-refractivity contribution in [3.63, 3.8) is 0 Å². The zero-order valence-electron chi connectivity index (χ0n) is 10.7. The van der Waals surface area contributed by atoms with Crippen LogP contribution in [0.2, 0.25) is 0 Å². The van der Waals surface area contributed by atoms with Crippen molar-refractivity contribution in [2.75, 3.05) is 20.2 Å². The summed E-state index contributed by atoms with van der Waals surface area (Å²) in [4.78, 5) is 22.7. The van der Waals surface area contributed by atoms with E-state index in [4.69, 9.17) is 4.74 Å². The Balaban J connectivity index is 2.37. The summed E-state index contributed by atoms with van der Waals surface area (Å²) in [5, 5.41) is 5.17. The van der Waals surface area contributed by atoms with Gasteiger partial charge in [-0.15, -0.1) is 0 Å². The summed E-state index contributed by atoms with van der Waals surface area (Å²) in [6.45, 7) is 2.41. The highest BCUT2D eigenvalue weighted by molar-refractivity contribution is 5.85. The molecule has 0 heterocycles. The van der Waals surface area contributed by atoms with Gasteiger partial charge in [-0.3, -0.25) is 9.59 Å². The average molecular weight is 250 g/mol. The first-order valence-corrected chi connectivity index (χ1v) is 5.82. The molecule has 2 N–H and O–H groups in total. The third kappa shape index (κ3) is 4.86. The third-order valence-electron chi connectivity index (χ3n) is 2.34. The number of likely N-dealkylation sites (N-methyl/N-ethyl adjacent to an activating group) is 1. The van der Waals surface area contributed by atoms with E-state index in [2.05, 4.69) is 10.6 Å². The molecule has 1 aromatic rings. The van der Waals surface area contributed by atoms with Gasteiger partial charge in [0.1, 0.15) is 5.75 Å². The fraction of sp³-hybridized carbons (Fsp3) is 0.385. The number of nitrogens with one attached hydrogen (secondary N) is 2. The molecule has 0 aliphatic carbocycles. The number of hydrogen-bond donors (Lipinski definition) is 2. The average Bonchev–Trinajstić information content (AvgIpc) is 2.38. The Kier molecular flexibility index (Phi) is 5.70. The molecule has 0 bridgehead atoms. The third-order valence-corrected chi connectivity index (χ3v) is 2.34. The summed E-state index contributed by atoms with van der Waals surface area (Å²) in [5.74, 6) is 0.397. The van der Waals surface area contributed by atoms with Crippen molar-refractivity contribution in [2.45, 2.75) is 13.3 Å². The zero-order valence-corrected chi connectivity index (χ0v) is 10.7. The highest BCUT2D eigenvalue weighted by atomic mass is 16.5. The van der Waals surface area contributed by atoms with Gasteiger partial charge in [-0.2, -0.15) is 0 Å². The maximum Gasteiger partial charge on any atom is 0.239 e. The van der Waals surface area contributed by atoms with Crippen molar-refractivity contribution in [1.82, 2.24) is 10.6 Å². The van der Waals surface area contributed by atoms with Crippen molar-refractivity contribution in [3.8, 4) is 5.75 Å². The van der Waals surface area contributed by atoms with E-state index in [1.165, 1.54) is 0 Å². The van der Waals surface area contributed by atoms with Gasteiger partial charge in [-0.25, -0.2) is 0 Å². The molecule has 2 amide bonds. The molecule has 5 heteroatoms. The lowest BCUT2D eigenvalue weighted by atomic mass is 10.1. The Morgan fingerprint density at radius 2 is 1.78 bits per heavy atom. The molecule has 0 fully saturated rings. The first-order chi connectivity index (χ1) is 8.65. The van der Waals surface area contributed by atoms with Gasteiger partial charge in [0.15, 0.2) is 0 Å². The maximum atomic E-state index is 11.6. The van der Waals surface area contributed by atoms with Crippen LogP contribution in [0, 0.1) is 0 Å². The molecule has 1 aromatic carbocycles. The Bertz CT molecular complexity index is 401. The van der Waals surface area contributed by atoms with Crippen LogP contribution in [0.3, 0.4) is 0 Å². The van der Waals surface area contributed by atoms with E-state index in [1.54, 1.807) is 19.2 Å². The molecule has 0 atom stereocenters. The number of amides is 2. The molecule has 5 nitrogen and oxygen atoms in total. The Hall–Kier alpha value is -2.04. The van der Waals surface area contributed by atoms with E-state index >= 15 is 0 Å². The minimum Gasteiger partial charge on any atom is -0.497 e. The van der Waals surface area contributed by atoms with Crippen LogP contribution in [0.5, 0.6) is 5.75 Å². The van der Waals surface area contributed by atoms with Crippen LogP contribution in [-0.2, 0) is 16.0 Å². The molecular formula is C13H18N2O3. The SMILES string of the molecule is CCNC(=O)CNC(=O)Cc1ccc(OC)cc1. The zero-order chi connectivity index (χ0) is 13.4. The molecule has 1 rings (SSSR count). The Labute approximate surface area is 107 Å². The lowest BCUT2D eigenvalue weighted by molar-refractivity contribution is -0.125. The van der Waals surface area contributed by atoms with Crippen LogP contribution in [0.15, 0.2) is 24.3 Å². The number of rotatable bonds is 6. The van der Waals surface area contributed by atoms with E-state index in [0.29, 0.717) is 6.54 Å². The molecule has 0 spiro atoms. The van der Waals surface area contributed by atoms with Gasteiger partial charge >= 0.3 is 0 Å². The quantitative estimate of drug-likeness (QED) is 0.772. The van der Waals surface area contributed by atoms with Gasteiger partial charge < -0.3 is 15.4 Å². The summed E-state index contributed by atoms with van der Waals surface area (Å²) in [6, 6.07) is 7.24. The number of methoxy groups -OCH3 is 1. The molecule has 0 aliphatic heterocycles. The first-order valence-electron chi connectivity index (χ1n) is 5.82. The van der Waals surface area contributed by atoms with Crippen LogP contribution in [0.25, 0.3) is 0 Å². The van der Waals surface area contributed by atoms with E-state index in [0.717, 1.165) is 11.3 Å². The summed E-state index contributed by atoms with van der Waals surface area (Å²) < 4.78 is 5.03. The second-order valence-electron chi connectivity index (χ2n) is 3.76. The number of carbonyl (C=O) groups excluding carboxylic acids is 2. The molecule has 0 aromatic heterocycles. The molecule has 0 aliphatic rings. The number of hydrogen-bond acceptors (Lipinski definition) is 3. The van der Waals surface area contributed by atoms with E-state index in [-0.39, 0.29) is 24.8 Å². The summed E-state index contributed by atoms with van der Waals surface area (Å²) in [5.41, 5.74) is 0.879. The molecule has 0 radical (unpaired) electrons. The number of ether oxygens (including phenoxy) is 1. The summed E-state index contributed by atoms with van der Waals surface area (Å²) >= 11 is 0. The minimum absolute atomic E-state index is 0.0167. The molecule has 98 valence electrons. The lowest BCUT2D eigenvalue weighted by Gasteiger charge is -2.06. The highest BCUT2D eigenvalue weighted by Gasteiger charge is 2.05. The number of carbonyl (C=O) groups is 2. The molecule has 18 heavy (non-hydrogen) atoms. The van der Waals surface area contributed by atoms with Gasteiger partial charge in [0.05, 0.1) is 20.1 Å². The van der Waals surface area contributed by atoms with Crippen molar-refractivity contribution in [2.24, 2.45) is 0 Å². The predicted octanol–water partition coefficient (Wildman–Crippen LogP) is 0.490. The van der Waals surface area contributed by atoms with Crippen molar-refractivity contribution in [3.05, 3.63) is 29.8 Å². The molecule has 0 saturated carbocycles. The van der Waals surface area contributed by atoms with E-state index in [9.17, 15) is 9.59 Å². The van der Waals surface area contributed by atoms with Crippen LogP contribution in [0.4, 0.5) is 0 Å². The Morgan fingerprint density at radius 1 is 1.11 bits per heavy atom. The van der Waals surface area contributed by atoms with Crippen molar-refractivity contribution >= 4 is 11.8 Å². The van der Waals surface area contributed by atoms with Crippen molar-refractivity contribution in [1.29, 1.82) is 0 Å². The maximum absolute atomic E-state index is 11.6. The monoisotopic (exact) mass is 250 g/mol. The second kappa shape index (κ2) is 7.32. The second-order valence-corrected chi connectivity index (χ2v) is 3.76. The van der Waals surface area contributed by atoms with Gasteiger partial charge in [-0.1, -0.05) is 12.1 Å². The van der Waals surface area contributed by atoms with Gasteiger partial charge in [0.25, 0.3) is 0 Å². The minimum atomic E-state index is -0.180. The number of benzene rings is 1. The van der Waals surface area contributed by atoms with Crippen LogP contribution < -0.4 is 15.4 Å². The van der Waals surface area contributed by atoms with Crippen LogP contribution in [0.1, 0.15) is 12.5 Å². The molecular weight excluding hydrogens is 232 g/mol.